The number of benzene rings is 2. The molecule has 0 unspecified atom stereocenters. The Bertz CT molecular complexity index is 1700. The zero-order valence-corrected chi connectivity index (χ0v) is 22.0. The molecule has 1 atom stereocenters. The van der Waals surface area contributed by atoms with Crippen LogP contribution in [0.5, 0.6) is 5.88 Å². The molecular weight excluding hydrogens is 513 g/mol. The number of pyridine rings is 1. The van der Waals surface area contributed by atoms with Crippen molar-refractivity contribution in [2.45, 2.75) is 25.3 Å². The lowest BCUT2D eigenvalue weighted by Crippen LogP contribution is -2.32. The Morgan fingerprint density at radius 1 is 1.13 bits per heavy atom. The van der Waals surface area contributed by atoms with Crippen LogP contribution in [0.1, 0.15) is 12.5 Å². The summed E-state index contributed by atoms with van der Waals surface area (Å²) in [4.78, 5) is 33.4. The van der Waals surface area contributed by atoms with Crippen molar-refractivity contribution in [2.75, 3.05) is 18.9 Å². The van der Waals surface area contributed by atoms with Gasteiger partial charge in [0.15, 0.2) is 0 Å². The number of ether oxygens (including phenoxy) is 1. The van der Waals surface area contributed by atoms with Gasteiger partial charge in [0.1, 0.15) is 11.5 Å². The second-order valence-corrected chi connectivity index (χ2v) is 10.4. The van der Waals surface area contributed by atoms with Crippen LogP contribution in [0.4, 0.5) is 10.1 Å². The molecule has 4 aromatic rings. The van der Waals surface area contributed by atoms with E-state index < -0.39 is 21.8 Å². The number of anilines is 1. The van der Waals surface area contributed by atoms with E-state index in [2.05, 4.69) is 20.0 Å². The second-order valence-electron chi connectivity index (χ2n) is 8.75. The molecule has 0 saturated heterocycles. The number of fused-ring (bicyclic) bond motifs is 1. The number of rotatable bonds is 8. The number of methoxy groups -OCH3 is 1. The first-order valence-corrected chi connectivity index (χ1v) is 13.1. The van der Waals surface area contributed by atoms with Gasteiger partial charge in [0.25, 0.3) is 15.6 Å². The number of carbonyl (C=O) groups is 1. The van der Waals surface area contributed by atoms with Gasteiger partial charge in [-0.05, 0) is 48.4 Å². The van der Waals surface area contributed by atoms with E-state index in [0.717, 1.165) is 6.07 Å². The van der Waals surface area contributed by atoms with Gasteiger partial charge in [0.05, 0.1) is 35.2 Å². The number of hydrogen-bond acceptors (Lipinski definition) is 7. The normalized spacial score (nSPS) is 12.2. The SMILES string of the molecule is CNC(=O)[C@H](C)Cn1cnc2ccc(-c3cnc(OC)c(NS(=O)(=O)c4cc(F)ccc4C)c3)cc2c1=O. The number of amides is 1. The van der Waals surface area contributed by atoms with Gasteiger partial charge in [0, 0.05) is 25.4 Å². The molecule has 0 fully saturated rings. The van der Waals surface area contributed by atoms with Crippen LogP contribution < -0.4 is 20.3 Å². The van der Waals surface area contributed by atoms with Crippen molar-refractivity contribution in [1.29, 1.82) is 0 Å². The van der Waals surface area contributed by atoms with Gasteiger partial charge in [-0.15, -0.1) is 0 Å². The van der Waals surface area contributed by atoms with Gasteiger partial charge in [0.2, 0.25) is 11.8 Å². The van der Waals surface area contributed by atoms with E-state index in [1.165, 1.54) is 49.4 Å². The molecule has 2 N–H and O–H groups in total. The lowest BCUT2D eigenvalue weighted by atomic mass is 10.0. The summed E-state index contributed by atoms with van der Waals surface area (Å²) in [6.07, 6.45) is 2.88. The Balaban J connectivity index is 1.74. The van der Waals surface area contributed by atoms with Crippen LogP contribution in [0, 0.1) is 18.7 Å². The summed E-state index contributed by atoms with van der Waals surface area (Å²) in [6, 6.07) is 10.0. The van der Waals surface area contributed by atoms with Gasteiger partial charge >= 0.3 is 0 Å². The third-order valence-electron chi connectivity index (χ3n) is 6.05. The topological polar surface area (TPSA) is 132 Å². The highest BCUT2D eigenvalue weighted by atomic mass is 32.2. The summed E-state index contributed by atoms with van der Waals surface area (Å²) < 4.78 is 48.9. The van der Waals surface area contributed by atoms with Crippen molar-refractivity contribution >= 4 is 32.5 Å². The Morgan fingerprint density at radius 2 is 1.89 bits per heavy atom. The molecule has 2 heterocycles. The molecule has 0 aliphatic heterocycles. The maximum absolute atomic E-state index is 13.8. The molecular formula is C26H26FN5O5S. The summed E-state index contributed by atoms with van der Waals surface area (Å²) in [5, 5.41) is 2.88. The highest BCUT2D eigenvalue weighted by Gasteiger charge is 2.21. The smallest absolute Gasteiger partial charge is 0.262 e. The summed E-state index contributed by atoms with van der Waals surface area (Å²) in [6.45, 7) is 3.43. The molecule has 0 radical (unpaired) electrons. The van der Waals surface area contributed by atoms with Gasteiger partial charge < -0.3 is 10.1 Å². The molecule has 0 saturated carbocycles. The molecule has 10 nitrogen and oxygen atoms in total. The molecule has 12 heteroatoms. The standard InChI is InChI=1S/C26H26FN5O5S/c1-15-5-7-19(27)11-23(15)38(35,36)31-22-10-18(12-29-25(22)37-4)17-6-8-21-20(9-17)26(34)32(14-30-21)13-16(2)24(33)28-3/h5-12,14,16,31H,13H2,1-4H3,(H,28,33)/t16-/m1/s1. The minimum absolute atomic E-state index is 0.0133. The molecule has 0 aliphatic rings. The van der Waals surface area contributed by atoms with E-state index in [0.29, 0.717) is 27.6 Å². The molecule has 4 rings (SSSR count). The Labute approximate surface area is 218 Å². The largest absolute Gasteiger partial charge is 0.480 e. The van der Waals surface area contributed by atoms with Crippen LogP contribution in [0.3, 0.4) is 0 Å². The predicted octanol–water partition coefficient (Wildman–Crippen LogP) is 3.10. The van der Waals surface area contributed by atoms with Crippen LogP contribution in [0.2, 0.25) is 0 Å². The fraction of sp³-hybridized carbons (Fsp3) is 0.231. The number of hydrogen-bond donors (Lipinski definition) is 2. The van der Waals surface area contributed by atoms with Gasteiger partial charge in [-0.1, -0.05) is 19.1 Å². The highest BCUT2D eigenvalue weighted by Crippen LogP contribution is 2.31. The molecule has 0 spiro atoms. The zero-order chi connectivity index (χ0) is 27.6. The van der Waals surface area contributed by atoms with E-state index in [1.54, 1.807) is 32.0 Å². The number of aryl methyl sites for hydroxylation is 1. The van der Waals surface area contributed by atoms with Crippen LogP contribution in [0.25, 0.3) is 22.0 Å². The molecule has 198 valence electrons. The van der Waals surface area contributed by atoms with Crippen molar-refractivity contribution in [3.8, 4) is 17.0 Å². The van der Waals surface area contributed by atoms with Crippen LogP contribution in [0.15, 0.2) is 64.7 Å². The van der Waals surface area contributed by atoms with E-state index >= 15 is 0 Å². The highest BCUT2D eigenvalue weighted by molar-refractivity contribution is 7.92. The quantitative estimate of drug-likeness (QED) is 0.352. The lowest BCUT2D eigenvalue weighted by molar-refractivity contribution is -0.124. The van der Waals surface area contributed by atoms with E-state index in [-0.39, 0.29) is 34.5 Å². The van der Waals surface area contributed by atoms with E-state index in [1.807, 2.05) is 0 Å². The second kappa shape index (κ2) is 10.6. The van der Waals surface area contributed by atoms with Crippen LogP contribution >= 0.6 is 0 Å². The number of aromatic nitrogens is 3. The maximum Gasteiger partial charge on any atom is 0.262 e. The predicted molar refractivity (Wildman–Crippen MR) is 141 cm³/mol. The molecule has 0 aliphatic carbocycles. The summed E-state index contributed by atoms with van der Waals surface area (Å²) in [5.41, 5.74) is 1.62. The first-order chi connectivity index (χ1) is 18.0. The number of carbonyl (C=O) groups excluding carboxylic acids is 1. The van der Waals surface area contributed by atoms with E-state index in [4.69, 9.17) is 4.74 Å². The summed E-state index contributed by atoms with van der Waals surface area (Å²) in [7, 11) is -1.30. The third-order valence-corrected chi connectivity index (χ3v) is 7.56. The monoisotopic (exact) mass is 539 g/mol. The average molecular weight is 540 g/mol. The lowest BCUT2D eigenvalue weighted by Gasteiger charge is -2.14. The number of halogens is 1. The Kier molecular flexibility index (Phi) is 7.44. The summed E-state index contributed by atoms with van der Waals surface area (Å²) in [5.74, 6) is -1.31. The van der Waals surface area contributed by atoms with Crippen molar-refractivity contribution in [1.82, 2.24) is 19.9 Å². The van der Waals surface area contributed by atoms with Crippen molar-refractivity contribution in [3.63, 3.8) is 0 Å². The molecule has 2 aromatic heterocycles. The Hall–Kier alpha value is -4.32. The fourth-order valence-electron chi connectivity index (χ4n) is 4.00. The average Bonchev–Trinajstić information content (AvgIpc) is 2.90. The minimum atomic E-state index is -4.17. The van der Waals surface area contributed by atoms with Gasteiger partial charge in [-0.3, -0.25) is 18.9 Å². The number of sulfonamides is 1. The van der Waals surface area contributed by atoms with Gasteiger partial charge in [-0.25, -0.2) is 22.8 Å². The van der Waals surface area contributed by atoms with Crippen LogP contribution in [-0.2, 0) is 21.4 Å². The Morgan fingerprint density at radius 3 is 2.61 bits per heavy atom. The molecule has 38 heavy (non-hydrogen) atoms. The maximum atomic E-state index is 13.8. The first kappa shape index (κ1) is 26.7. The van der Waals surface area contributed by atoms with Gasteiger partial charge in [-0.2, -0.15) is 0 Å². The minimum Gasteiger partial charge on any atom is -0.480 e. The number of nitrogens with one attached hydrogen (secondary N) is 2. The van der Waals surface area contributed by atoms with Crippen LogP contribution in [-0.4, -0.2) is 43.0 Å². The molecule has 1 amide bonds. The van der Waals surface area contributed by atoms with Crippen molar-refractivity contribution in [3.05, 3.63) is 76.7 Å². The third kappa shape index (κ3) is 5.35. The fourth-order valence-corrected chi connectivity index (χ4v) is 5.31. The summed E-state index contributed by atoms with van der Waals surface area (Å²) >= 11 is 0. The number of nitrogens with zero attached hydrogens (tertiary/aromatic N) is 3. The molecule has 2 aromatic carbocycles. The first-order valence-electron chi connectivity index (χ1n) is 11.6. The van der Waals surface area contributed by atoms with Crippen molar-refractivity contribution in [2.24, 2.45) is 5.92 Å². The molecule has 0 bridgehead atoms. The van der Waals surface area contributed by atoms with E-state index in [9.17, 15) is 22.4 Å². The van der Waals surface area contributed by atoms with Crippen molar-refractivity contribution < 1.29 is 22.3 Å². The zero-order valence-electron chi connectivity index (χ0n) is 21.1.